The zero-order valence-corrected chi connectivity index (χ0v) is 19.9. The number of sulfone groups is 1. The summed E-state index contributed by atoms with van der Waals surface area (Å²) < 4.78 is 24.8. The Hall–Kier alpha value is -2.43. The van der Waals surface area contributed by atoms with Gasteiger partial charge in [0.25, 0.3) is 5.56 Å². The highest BCUT2D eigenvalue weighted by molar-refractivity contribution is 8.00. The van der Waals surface area contributed by atoms with Crippen LogP contribution in [0.4, 0.5) is 0 Å². The molecule has 1 fully saturated rings. The maximum absolute atomic E-state index is 13.2. The summed E-state index contributed by atoms with van der Waals surface area (Å²) in [4.78, 5) is 32.1. The molecule has 0 saturated carbocycles. The van der Waals surface area contributed by atoms with Crippen LogP contribution in [0.5, 0.6) is 0 Å². The first-order valence-electron chi connectivity index (χ1n) is 10.2. The smallest absolute Gasteiger partial charge is 0.263 e. The summed E-state index contributed by atoms with van der Waals surface area (Å²) >= 11 is 2.62. The number of benzene rings is 1. The molecule has 1 saturated heterocycles. The number of carbonyl (C=O) groups is 1. The molecule has 1 aromatic carbocycles. The van der Waals surface area contributed by atoms with Crippen LogP contribution in [0.25, 0.3) is 20.7 Å². The van der Waals surface area contributed by atoms with Gasteiger partial charge in [0.15, 0.2) is 15.0 Å². The molecule has 2 unspecified atom stereocenters. The van der Waals surface area contributed by atoms with Crippen LogP contribution in [0, 0.1) is 0 Å². The van der Waals surface area contributed by atoms with E-state index in [4.69, 9.17) is 4.98 Å². The van der Waals surface area contributed by atoms with Gasteiger partial charge in [0.05, 0.1) is 22.1 Å². The first-order valence-corrected chi connectivity index (χ1v) is 13.7. The van der Waals surface area contributed by atoms with Crippen molar-refractivity contribution in [2.45, 2.75) is 36.3 Å². The van der Waals surface area contributed by atoms with Crippen molar-refractivity contribution in [3.63, 3.8) is 0 Å². The zero-order chi connectivity index (χ0) is 22.9. The number of allylic oxidation sites excluding steroid dienone is 1. The van der Waals surface area contributed by atoms with Crippen molar-refractivity contribution in [3.05, 3.63) is 59.4 Å². The van der Waals surface area contributed by atoms with Crippen LogP contribution in [0.2, 0.25) is 0 Å². The van der Waals surface area contributed by atoms with E-state index in [1.54, 1.807) is 13.0 Å². The molecule has 0 aliphatic carbocycles. The molecular formula is C22H23N3O4S3. The number of hydrogen-bond acceptors (Lipinski definition) is 7. The summed E-state index contributed by atoms with van der Waals surface area (Å²) in [6, 6.07) is 11.3. The van der Waals surface area contributed by atoms with Gasteiger partial charge in [-0.05, 0) is 25.0 Å². The maximum atomic E-state index is 13.2. The first kappa shape index (κ1) is 22.8. The number of carbonyl (C=O) groups excluding carboxylic acids is 1. The molecule has 1 aliphatic heterocycles. The molecule has 168 valence electrons. The van der Waals surface area contributed by atoms with Gasteiger partial charge in [0, 0.05) is 17.5 Å². The molecule has 1 amide bonds. The lowest BCUT2D eigenvalue weighted by atomic mass is 10.2. The fourth-order valence-corrected chi connectivity index (χ4v) is 7.24. The monoisotopic (exact) mass is 489 g/mol. The molecule has 0 radical (unpaired) electrons. The number of rotatable bonds is 7. The third-order valence-corrected chi connectivity index (χ3v) is 9.15. The molecular weight excluding hydrogens is 466 g/mol. The average Bonchev–Trinajstić information content (AvgIpc) is 3.34. The summed E-state index contributed by atoms with van der Waals surface area (Å²) in [6.45, 7) is 5.73. The van der Waals surface area contributed by atoms with Gasteiger partial charge in [-0.1, -0.05) is 48.2 Å². The van der Waals surface area contributed by atoms with E-state index >= 15 is 0 Å². The van der Waals surface area contributed by atoms with Crippen LogP contribution in [-0.2, 0) is 21.2 Å². The Morgan fingerprint density at radius 2 is 2.16 bits per heavy atom. The average molecular weight is 490 g/mol. The van der Waals surface area contributed by atoms with Crippen LogP contribution in [0.1, 0.15) is 13.3 Å². The van der Waals surface area contributed by atoms with Gasteiger partial charge in [-0.3, -0.25) is 14.2 Å². The van der Waals surface area contributed by atoms with Gasteiger partial charge in [-0.25, -0.2) is 13.4 Å². The Morgan fingerprint density at radius 1 is 1.41 bits per heavy atom. The van der Waals surface area contributed by atoms with Gasteiger partial charge in [-0.2, -0.15) is 0 Å². The molecule has 3 heterocycles. The number of aromatic nitrogens is 2. The van der Waals surface area contributed by atoms with Crippen LogP contribution >= 0.6 is 23.1 Å². The number of amides is 1. The number of thiophene rings is 1. The van der Waals surface area contributed by atoms with Crippen molar-refractivity contribution < 1.29 is 13.2 Å². The Morgan fingerprint density at radius 3 is 2.81 bits per heavy atom. The number of hydrogen-bond donors (Lipinski definition) is 1. The largest absolute Gasteiger partial charge is 0.351 e. The molecule has 10 heteroatoms. The highest BCUT2D eigenvalue weighted by atomic mass is 32.2. The first-order chi connectivity index (χ1) is 15.3. The van der Waals surface area contributed by atoms with Crippen LogP contribution in [0.3, 0.4) is 0 Å². The van der Waals surface area contributed by atoms with Crippen LogP contribution in [-0.4, -0.2) is 46.7 Å². The molecule has 1 N–H and O–H groups in total. The van der Waals surface area contributed by atoms with E-state index in [0.717, 1.165) is 10.4 Å². The maximum Gasteiger partial charge on any atom is 0.263 e. The minimum atomic E-state index is -3.08. The molecule has 2 aromatic heterocycles. The summed E-state index contributed by atoms with van der Waals surface area (Å²) in [6.07, 6.45) is 2.05. The second kappa shape index (κ2) is 9.21. The molecule has 4 rings (SSSR count). The van der Waals surface area contributed by atoms with Crippen LogP contribution < -0.4 is 10.9 Å². The number of thioether (sulfide) groups is 1. The molecule has 7 nitrogen and oxygen atoms in total. The quantitative estimate of drug-likeness (QED) is 0.311. The van der Waals surface area contributed by atoms with E-state index < -0.39 is 15.1 Å². The minimum absolute atomic E-state index is 0.0288. The lowest BCUT2D eigenvalue weighted by Crippen LogP contribution is -2.40. The van der Waals surface area contributed by atoms with Crippen molar-refractivity contribution in [1.29, 1.82) is 0 Å². The summed E-state index contributed by atoms with van der Waals surface area (Å²) in [5.41, 5.74) is 0.837. The van der Waals surface area contributed by atoms with Gasteiger partial charge in [0.1, 0.15) is 4.83 Å². The second-order valence-corrected chi connectivity index (χ2v) is 12.2. The van der Waals surface area contributed by atoms with E-state index in [0.29, 0.717) is 21.8 Å². The number of fused-ring (bicyclic) bond motifs is 1. The highest BCUT2D eigenvalue weighted by Crippen LogP contribution is 2.32. The topological polar surface area (TPSA) is 98.1 Å². The summed E-state index contributed by atoms with van der Waals surface area (Å²) in [5.74, 6) is -0.203. The molecule has 1 aliphatic rings. The fraction of sp³-hybridized carbons (Fsp3) is 0.318. The van der Waals surface area contributed by atoms with Crippen molar-refractivity contribution in [3.8, 4) is 10.4 Å². The highest BCUT2D eigenvalue weighted by Gasteiger charge is 2.30. The second-order valence-electron chi connectivity index (χ2n) is 7.66. The Balaban J connectivity index is 1.62. The Labute approximate surface area is 194 Å². The third-order valence-electron chi connectivity index (χ3n) is 5.22. The predicted octanol–water partition coefficient (Wildman–Crippen LogP) is 3.09. The van der Waals surface area contributed by atoms with E-state index in [2.05, 4.69) is 11.9 Å². The van der Waals surface area contributed by atoms with Crippen molar-refractivity contribution in [2.75, 3.05) is 11.5 Å². The summed E-state index contributed by atoms with van der Waals surface area (Å²) in [7, 11) is -3.08. The number of nitrogens with one attached hydrogen (secondary N) is 1. The lowest BCUT2D eigenvalue weighted by molar-refractivity contribution is -0.120. The van der Waals surface area contributed by atoms with Gasteiger partial charge in [0.2, 0.25) is 5.91 Å². The van der Waals surface area contributed by atoms with Gasteiger partial charge in [-0.15, -0.1) is 17.9 Å². The third kappa shape index (κ3) is 4.82. The molecule has 0 bridgehead atoms. The zero-order valence-electron chi connectivity index (χ0n) is 17.5. The summed E-state index contributed by atoms with van der Waals surface area (Å²) in [5, 5.41) is 3.23. The van der Waals surface area contributed by atoms with E-state index in [-0.39, 0.29) is 35.6 Å². The molecule has 32 heavy (non-hydrogen) atoms. The van der Waals surface area contributed by atoms with Gasteiger partial charge >= 0.3 is 0 Å². The van der Waals surface area contributed by atoms with E-state index in [1.807, 2.05) is 36.4 Å². The minimum Gasteiger partial charge on any atom is -0.351 e. The molecule has 3 aromatic rings. The fourth-order valence-electron chi connectivity index (χ4n) is 3.56. The molecule has 0 spiro atoms. The van der Waals surface area contributed by atoms with E-state index in [1.165, 1.54) is 27.7 Å². The van der Waals surface area contributed by atoms with Gasteiger partial charge < -0.3 is 5.32 Å². The lowest BCUT2D eigenvalue weighted by Gasteiger charge is -2.17. The van der Waals surface area contributed by atoms with Crippen molar-refractivity contribution in [2.24, 2.45) is 0 Å². The number of nitrogens with zero attached hydrogens (tertiary/aromatic N) is 2. The van der Waals surface area contributed by atoms with Crippen molar-refractivity contribution in [1.82, 2.24) is 14.9 Å². The normalized spacial score (nSPS) is 18.5. The van der Waals surface area contributed by atoms with Crippen LogP contribution in [0.15, 0.2) is 59.0 Å². The van der Waals surface area contributed by atoms with Crippen molar-refractivity contribution >= 4 is 49.1 Å². The SMILES string of the molecule is C=CCn1c(SC(C)C(=O)NC2CCS(=O)(=O)C2)nc2sc(-c3ccccc3)cc2c1=O. The van der Waals surface area contributed by atoms with E-state index in [9.17, 15) is 18.0 Å². The molecule has 2 atom stereocenters. The standard InChI is InChI=1S/C22H23N3O4S3/c1-3-10-25-21(27)17-12-18(15-7-5-4-6-8-15)31-20(17)24-22(25)30-14(2)19(26)23-16-9-11-32(28,29)13-16/h3-8,12,14,16H,1,9-11,13H2,2H3,(H,23,26). The predicted molar refractivity (Wildman–Crippen MR) is 130 cm³/mol. The Kier molecular flexibility index (Phi) is 6.55. The Bertz CT molecular complexity index is 1330.